The van der Waals surface area contributed by atoms with E-state index in [0.717, 1.165) is 22.6 Å². The van der Waals surface area contributed by atoms with Gasteiger partial charge in [0.15, 0.2) is 0 Å². The first-order chi connectivity index (χ1) is 7.13. The molecule has 15 heavy (non-hydrogen) atoms. The molecular formula is C11H13NO2S. The maximum atomic E-state index is 10.7. The van der Waals surface area contributed by atoms with Crippen LogP contribution < -0.4 is 0 Å². The van der Waals surface area contributed by atoms with Crippen molar-refractivity contribution in [2.24, 2.45) is 0 Å². The fourth-order valence-corrected chi connectivity index (χ4v) is 1.83. The highest BCUT2D eigenvalue weighted by molar-refractivity contribution is 7.99. The zero-order chi connectivity index (χ0) is 11.3. The molecule has 1 rings (SSSR count). The number of thioether (sulfide) groups is 1. The Morgan fingerprint density at radius 2 is 2.40 bits per heavy atom. The third kappa shape index (κ3) is 3.75. The summed E-state index contributed by atoms with van der Waals surface area (Å²) in [6.07, 6.45) is 2.46. The number of nitrogens with zero attached hydrogens (tertiary/aromatic N) is 1. The number of hydrogen-bond donors (Lipinski definition) is 1. The number of aromatic nitrogens is 1. The van der Waals surface area contributed by atoms with E-state index in [9.17, 15) is 4.79 Å². The highest BCUT2D eigenvalue weighted by atomic mass is 32.2. The summed E-state index contributed by atoms with van der Waals surface area (Å²) in [5, 5.41) is 8.74. The Bertz CT molecular complexity index is 377. The summed E-state index contributed by atoms with van der Waals surface area (Å²) in [4.78, 5) is 15.3. The molecule has 1 N–H and O–H groups in total. The molecule has 0 atom stereocenters. The fraction of sp³-hybridized carbons (Fsp3) is 0.273. The summed E-state index contributed by atoms with van der Waals surface area (Å²) in [6.45, 7) is 5.95. The molecule has 0 amide bonds. The van der Waals surface area contributed by atoms with E-state index in [1.165, 1.54) is 6.20 Å². The molecule has 0 fully saturated rings. The summed E-state index contributed by atoms with van der Waals surface area (Å²) in [7, 11) is 0. The molecule has 0 saturated heterocycles. The highest BCUT2D eigenvalue weighted by Gasteiger charge is 2.05. The number of pyridine rings is 1. The molecule has 0 aliphatic carbocycles. The van der Waals surface area contributed by atoms with Gasteiger partial charge in [0.1, 0.15) is 5.69 Å². The van der Waals surface area contributed by atoms with E-state index in [2.05, 4.69) is 18.5 Å². The zero-order valence-electron chi connectivity index (χ0n) is 8.56. The first kappa shape index (κ1) is 11.8. The van der Waals surface area contributed by atoms with Gasteiger partial charge in [0.05, 0.1) is 0 Å². The smallest absolute Gasteiger partial charge is 0.354 e. The summed E-state index contributed by atoms with van der Waals surface area (Å²) in [5.41, 5.74) is 1.23. The largest absolute Gasteiger partial charge is 0.477 e. The fourth-order valence-electron chi connectivity index (χ4n) is 0.905. The van der Waals surface area contributed by atoms with Crippen molar-refractivity contribution in [3.63, 3.8) is 0 Å². The van der Waals surface area contributed by atoms with Gasteiger partial charge in [0.2, 0.25) is 0 Å². The van der Waals surface area contributed by atoms with Crippen molar-refractivity contribution in [3.8, 4) is 0 Å². The predicted octanol–water partition coefficient (Wildman–Crippen LogP) is 2.84. The maximum absolute atomic E-state index is 10.7. The Morgan fingerprint density at radius 3 is 3.00 bits per heavy atom. The van der Waals surface area contributed by atoms with Crippen molar-refractivity contribution in [3.05, 3.63) is 36.2 Å². The Labute approximate surface area is 93.2 Å². The van der Waals surface area contributed by atoms with Crippen LogP contribution in [0.4, 0.5) is 0 Å². The molecule has 0 spiro atoms. The number of rotatable bonds is 5. The van der Waals surface area contributed by atoms with Crippen molar-refractivity contribution in [1.29, 1.82) is 0 Å². The monoisotopic (exact) mass is 223 g/mol. The van der Waals surface area contributed by atoms with Gasteiger partial charge in [-0.25, -0.2) is 9.78 Å². The molecular weight excluding hydrogens is 210 g/mol. The van der Waals surface area contributed by atoms with Gasteiger partial charge >= 0.3 is 5.97 Å². The minimum atomic E-state index is -0.994. The Hall–Kier alpha value is -1.29. The van der Waals surface area contributed by atoms with Gasteiger partial charge in [-0.15, -0.1) is 11.8 Å². The van der Waals surface area contributed by atoms with Gasteiger partial charge in [-0.1, -0.05) is 19.1 Å². The molecule has 0 radical (unpaired) electrons. The molecule has 1 aromatic heterocycles. The van der Waals surface area contributed by atoms with Crippen molar-refractivity contribution in [2.45, 2.75) is 18.2 Å². The zero-order valence-corrected chi connectivity index (χ0v) is 9.38. The van der Waals surface area contributed by atoms with Crippen LogP contribution in [0.3, 0.4) is 0 Å². The van der Waals surface area contributed by atoms with E-state index in [4.69, 9.17) is 5.11 Å². The molecule has 1 heterocycles. The summed E-state index contributed by atoms with van der Waals surface area (Å²) >= 11 is 1.58. The van der Waals surface area contributed by atoms with Crippen molar-refractivity contribution in [1.82, 2.24) is 4.98 Å². The highest BCUT2D eigenvalue weighted by Crippen LogP contribution is 2.21. The predicted molar refractivity (Wildman–Crippen MR) is 61.4 cm³/mol. The van der Waals surface area contributed by atoms with Crippen LogP contribution in [-0.2, 0) is 0 Å². The normalized spacial score (nSPS) is 9.93. The second-order valence-electron chi connectivity index (χ2n) is 3.07. The van der Waals surface area contributed by atoms with Crippen LogP contribution in [-0.4, -0.2) is 21.8 Å². The second-order valence-corrected chi connectivity index (χ2v) is 4.12. The van der Waals surface area contributed by atoms with Crippen molar-refractivity contribution < 1.29 is 9.90 Å². The molecule has 4 heteroatoms. The third-order valence-electron chi connectivity index (χ3n) is 1.89. The van der Waals surface area contributed by atoms with Gasteiger partial charge in [-0.05, 0) is 18.6 Å². The lowest BCUT2D eigenvalue weighted by Gasteiger charge is -2.03. The average Bonchev–Trinajstić information content (AvgIpc) is 2.26. The Morgan fingerprint density at radius 1 is 1.67 bits per heavy atom. The first-order valence-electron chi connectivity index (χ1n) is 4.62. The minimum Gasteiger partial charge on any atom is -0.477 e. The summed E-state index contributed by atoms with van der Waals surface area (Å²) in [6, 6.07) is 3.38. The van der Waals surface area contributed by atoms with Crippen molar-refractivity contribution in [2.75, 3.05) is 5.75 Å². The summed E-state index contributed by atoms with van der Waals surface area (Å²) in [5.74, 6) is -0.175. The molecule has 0 saturated carbocycles. The van der Waals surface area contributed by atoms with Gasteiger partial charge in [0, 0.05) is 16.8 Å². The number of carboxylic acids is 1. The first-order valence-corrected chi connectivity index (χ1v) is 5.61. The van der Waals surface area contributed by atoms with Crippen LogP contribution >= 0.6 is 11.8 Å². The number of hydrogen-bond acceptors (Lipinski definition) is 3. The number of carboxylic acid groups (broad SMARTS) is 1. The van der Waals surface area contributed by atoms with E-state index in [1.807, 2.05) is 0 Å². The lowest BCUT2D eigenvalue weighted by Crippen LogP contribution is -1.99. The number of aromatic carboxylic acids is 1. The molecule has 3 nitrogen and oxygen atoms in total. The van der Waals surface area contributed by atoms with Gasteiger partial charge in [-0.2, -0.15) is 0 Å². The van der Waals surface area contributed by atoms with Crippen LogP contribution in [0, 0.1) is 0 Å². The lowest BCUT2D eigenvalue weighted by molar-refractivity contribution is 0.0690. The van der Waals surface area contributed by atoms with E-state index in [-0.39, 0.29) is 5.69 Å². The topological polar surface area (TPSA) is 50.2 Å². The average molecular weight is 223 g/mol. The lowest BCUT2D eigenvalue weighted by atomic mass is 10.3. The Balaban J connectivity index is 2.66. The SMILES string of the molecule is C=C(CC)CSc1ccnc(C(=O)O)c1. The van der Waals surface area contributed by atoms with Gasteiger partial charge in [-0.3, -0.25) is 0 Å². The van der Waals surface area contributed by atoms with E-state index in [1.54, 1.807) is 23.9 Å². The standard InChI is InChI=1S/C11H13NO2S/c1-3-8(2)7-15-9-4-5-12-10(6-9)11(13)14/h4-6H,2-3,7H2,1H3,(H,13,14). The van der Waals surface area contributed by atoms with Crippen LogP contribution in [0.2, 0.25) is 0 Å². The van der Waals surface area contributed by atoms with Crippen molar-refractivity contribution >= 4 is 17.7 Å². The maximum Gasteiger partial charge on any atom is 0.354 e. The molecule has 1 aromatic rings. The van der Waals surface area contributed by atoms with E-state index < -0.39 is 5.97 Å². The molecule has 0 aromatic carbocycles. The van der Waals surface area contributed by atoms with Crippen LogP contribution in [0.1, 0.15) is 23.8 Å². The van der Waals surface area contributed by atoms with E-state index >= 15 is 0 Å². The Kier molecular flexibility index (Phi) is 4.37. The molecule has 0 aliphatic heterocycles. The number of carbonyl (C=O) groups is 1. The van der Waals surface area contributed by atoms with Gasteiger partial charge in [0.25, 0.3) is 0 Å². The van der Waals surface area contributed by atoms with Crippen LogP contribution in [0.5, 0.6) is 0 Å². The van der Waals surface area contributed by atoms with E-state index in [0.29, 0.717) is 0 Å². The van der Waals surface area contributed by atoms with Crippen LogP contribution in [0.25, 0.3) is 0 Å². The molecule has 0 unspecified atom stereocenters. The third-order valence-corrected chi connectivity index (χ3v) is 3.03. The minimum absolute atomic E-state index is 0.0853. The molecule has 0 bridgehead atoms. The second kappa shape index (κ2) is 5.56. The van der Waals surface area contributed by atoms with Crippen LogP contribution in [0.15, 0.2) is 35.4 Å². The molecule has 80 valence electrons. The van der Waals surface area contributed by atoms with Gasteiger partial charge < -0.3 is 5.11 Å². The summed E-state index contributed by atoms with van der Waals surface area (Å²) < 4.78 is 0. The quantitative estimate of drug-likeness (QED) is 0.616. The molecule has 0 aliphatic rings.